The first-order chi connectivity index (χ1) is 14.6. The molecule has 6 heteroatoms. The lowest BCUT2D eigenvalue weighted by atomic mass is 9.65. The first-order valence-corrected chi connectivity index (χ1v) is 12.9. The average molecular weight is 441 g/mol. The van der Waals surface area contributed by atoms with E-state index in [1.54, 1.807) is 12.1 Å². The lowest BCUT2D eigenvalue weighted by Crippen LogP contribution is -2.62. The molecule has 2 aliphatic heterocycles. The van der Waals surface area contributed by atoms with E-state index in [9.17, 15) is 13.2 Å². The number of piperidine rings is 2. The number of nitrogens with one attached hydrogen (secondary N) is 1. The molecule has 0 radical (unpaired) electrons. The van der Waals surface area contributed by atoms with Crippen molar-refractivity contribution in [2.45, 2.75) is 56.0 Å². The summed E-state index contributed by atoms with van der Waals surface area (Å²) in [4.78, 5) is 16.2. The van der Waals surface area contributed by atoms with Crippen LogP contribution in [0.25, 0.3) is 0 Å². The predicted molar refractivity (Wildman–Crippen MR) is 123 cm³/mol. The normalized spacial score (nSPS) is 24.7. The van der Waals surface area contributed by atoms with Crippen molar-refractivity contribution < 1.29 is 13.2 Å². The van der Waals surface area contributed by atoms with Crippen molar-refractivity contribution in [3.05, 3.63) is 64.7 Å². The molecule has 1 saturated carbocycles. The SMILES string of the molecule is Cc1cccc(C)c1C(=O)NC(c1ccc(S(C)(=O)=O)cc1)C12CCC(CC1)CN2C. The monoisotopic (exact) mass is 440 g/mol. The summed E-state index contributed by atoms with van der Waals surface area (Å²) in [5, 5.41) is 3.38. The van der Waals surface area contributed by atoms with Crippen LogP contribution in [0.4, 0.5) is 0 Å². The number of benzene rings is 2. The molecule has 1 atom stereocenters. The van der Waals surface area contributed by atoms with Crippen LogP contribution in [-0.4, -0.2) is 44.6 Å². The molecule has 31 heavy (non-hydrogen) atoms. The zero-order chi connectivity index (χ0) is 22.4. The van der Waals surface area contributed by atoms with Gasteiger partial charge in [-0.15, -0.1) is 0 Å². The Balaban J connectivity index is 1.75. The second kappa shape index (κ2) is 8.06. The fraction of sp³-hybridized carbons (Fsp3) is 0.480. The summed E-state index contributed by atoms with van der Waals surface area (Å²) in [5.74, 6) is 0.665. The number of amides is 1. The van der Waals surface area contributed by atoms with Crippen LogP contribution in [-0.2, 0) is 9.84 Å². The maximum Gasteiger partial charge on any atom is 0.252 e. The number of sulfone groups is 1. The Kier molecular flexibility index (Phi) is 5.73. The van der Waals surface area contributed by atoms with Gasteiger partial charge in [0.15, 0.2) is 9.84 Å². The van der Waals surface area contributed by atoms with Gasteiger partial charge >= 0.3 is 0 Å². The van der Waals surface area contributed by atoms with Crippen molar-refractivity contribution in [1.82, 2.24) is 10.2 Å². The Morgan fingerprint density at radius 1 is 1.06 bits per heavy atom. The minimum absolute atomic E-state index is 0.0664. The number of nitrogens with zero attached hydrogens (tertiary/aromatic N) is 1. The minimum Gasteiger partial charge on any atom is -0.343 e. The molecule has 5 nitrogen and oxygen atoms in total. The summed E-state index contributed by atoms with van der Waals surface area (Å²) in [7, 11) is -1.11. The van der Waals surface area contributed by atoms with Crippen LogP contribution in [0.2, 0.25) is 0 Å². The van der Waals surface area contributed by atoms with E-state index >= 15 is 0 Å². The summed E-state index contributed by atoms with van der Waals surface area (Å²) >= 11 is 0. The second-order valence-electron chi connectivity index (χ2n) is 9.44. The van der Waals surface area contributed by atoms with Gasteiger partial charge in [-0.2, -0.15) is 0 Å². The number of carbonyl (C=O) groups is 1. The number of likely N-dealkylation sites (N-methyl/N-ethyl adjacent to an activating group) is 1. The molecule has 1 aliphatic carbocycles. The minimum atomic E-state index is -3.27. The zero-order valence-electron chi connectivity index (χ0n) is 18.8. The van der Waals surface area contributed by atoms with Gasteiger partial charge in [-0.25, -0.2) is 8.42 Å². The van der Waals surface area contributed by atoms with E-state index in [1.165, 1.54) is 19.1 Å². The van der Waals surface area contributed by atoms with Crippen LogP contribution in [0.1, 0.15) is 58.8 Å². The predicted octanol–water partition coefficient (Wildman–Crippen LogP) is 4.05. The van der Waals surface area contributed by atoms with Crippen LogP contribution in [0.15, 0.2) is 47.4 Å². The summed E-state index contributed by atoms with van der Waals surface area (Å²) in [5.41, 5.74) is 3.44. The summed E-state index contributed by atoms with van der Waals surface area (Å²) in [6.07, 6.45) is 5.61. The molecule has 2 bridgehead atoms. The maximum atomic E-state index is 13.5. The molecule has 0 aromatic heterocycles. The Hall–Kier alpha value is -2.18. The quantitative estimate of drug-likeness (QED) is 0.762. The van der Waals surface area contributed by atoms with Crippen molar-refractivity contribution >= 4 is 15.7 Å². The fourth-order valence-corrected chi connectivity index (χ4v) is 6.26. The molecule has 1 unspecified atom stereocenters. The summed E-state index contributed by atoms with van der Waals surface area (Å²) in [6.45, 7) is 4.97. The van der Waals surface area contributed by atoms with Gasteiger partial charge in [-0.05, 0) is 81.3 Å². The summed E-state index contributed by atoms with van der Waals surface area (Å²) in [6, 6.07) is 12.8. The molecule has 1 N–H and O–H groups in total. The van der Waals surface area contributed by atoms with E-state index in [1.807, 2.05) is 44.2 Å². The molecule has 2 saturated heterocycles. The maximum absolute atomic E-state index is 13.5. The molecule has 2 aromatic carbocycles. The second-order valence-corrected chi connectivity index (χ2v) is 11.5. The van der Waals surface area contributed by atoms with Crippen LogP contribution in [0.5, 0.6) is 0 Å². The van der Waals surface area contributed by atoms with Gasteiger partial charge in [-0.1, -0.05) is 30.3 Å². The molecule has 5 rings (SSSR count). The van der Waals surface area contributed by atoms with E-state index in [0.29, 0.717) is 4.90 Å². The molecule has 3 aliphatic rings. The number of aryl methyl sites for hydroxylation is 2. The van der Waals surface area contributed by atoms with Gasteiger partial charge < -0.3 is 5.32 Å². The number of fused-ring (bicyclic) bond motifs is 3. The summed E-state index contributed by atoms with van der Waals surface area (Å²) < 4.78 is 23.9. The van der Waals surface area contributed by atoms with Crippen molar-refractivity contribution in [3.8, 4) is 0 Å². The highest BCUT2D eigenvalue weighted by molar-refractivity contribution is 7.90. The fourth-order valence-electron chi connectivity index (χ4n) is 5.63. The molecule has 1 amide bonds. The van der Waals surface area contributed by atoms with E-state index in [2.05, 4.69) is 17.3 Å². The third kappa shape index (κ3) is 4.03. The van der Waals surface area contributed by atoms with Gasteiger partial charge in [0, 0.05) is 23.9 Å². The molecule has 3 fully saturated rings. The lowest BCUT2D eigenvalue weighted by molar-refractivity contribution is -0.0404. The Morgan fingerprint density at radius 2 is 1.65 bits per heavy atom. The number of hydrogen-bond donors (Lipinski definition) is 1. The van der Waals surface area contributed by atoms with Gasteiger partial charge in [0.05, 0.1) is 10.9 Å². The zero-order valence-corrected chi connectivity index (χ0v) is 19.6. The van der Waals surface area contributed by atoms with E-state index in [0.717, 1.165) is 47.6 Å². The molecule has 0 spiro atoms. The third-order valence-electron chi connectivity index (χ3n) is 7.43. The van der Waals surface area contributed by atoms with E-state index in [-0.39, 0.29) is 17.5 Å². The lowest BCUT2D eigenvalue weighted by Gasteiger charge is -2.57. The van der Waals surface area contributed by atoms with Gasteiger partial charge in [0.1, 0.15) is 0 Å². The molecular formula is C25H32N2O3S. The van der Waals surface area contributed by atoms with E-state index < -0.39 is 9.84 Å². The highest BCUT2D eigenvalue weighted by Gasteiger charge is 2.50. The highest BCUT2D eigenvalue weighted by Crippen LogP contribution is 2.49. The van der Waals surface area contributed by atoms with Crippen molar-refractivity contribution in [3.63, 3.8) is 0 Å². The van der Waals surface area contributed by atoms with Crippen LogP contribution in [0, 0.1) is 19.8 Å². The van der Waals surface area contributed by atoms with E-state index in [4.69, 9.17) is 0 Å². The molecule has 2 heterocycles. The number of carbonyl (C=O) groups excluding carboxylic acids is 1. The number of rotatable bonds is 5. The van der Waals surface area contributed by atoms with Crippen molar-refractivity contribution in [2.75, 3.05) is 19.8 Å². The van der Waals surface area contributed by atoms with Crippen LogP contribution >= 0.6 is 0 Å². The first kappa shape index (κ1) is 22.0. The van der Waals surface area contributed by atoms with Gasteiger partial charge in [0.2, 0.25) is 0 Å². The first-order valence-electron chi connectivity index (χ1n) is 11.0. The third-order valence-corrected chi connectivity index (χ3v) is 8.55. The molecule has 166 valence electrons. The van der Waals surface area contributed by atoms with Crippen LogP contribution in [0.3, 0.4) is 0 Å². The largest absolute Gasteiger partial charge is 0.343 e. The molecule has 2 aromatic rings. The Bertz CT molecular complexity index is 1060. The van der Waals surface area contributed by atoms with Crippen LogP contribution < -0.4 is 5.32 Å². The topological polar surface area (TPSA) is 66.5 Å². The number of hydrogen-bond acceptors (Lipinski definition) is 4. The van der Waals surface area contributed by atoms with Gasteiger partial charge in [-0.3, -0.25) is 9.69 Å². The average Bonchev–Trinajstić information content (AvgIpc) is 2.72. The molecular weight excluding hydrogens is 408 g/mol. The Morgan fingerprint density at radius 3 is 2.16 bits per heavy atom. The smallest absolute Gasteiger partial charge is 0.252 e. The van der Waals surface area contributed by atoms with Crippen molar-refractivity contribution in [2.24, 2.45) is 5.92 Å². The standard InChI is InChI=1S/C25H32N2O3S/c1-17-6-5-7-18(2)22(17)24(28)26-23(20-8-10-21(11-9-20)31(4,29)30)25-14-12-19(13-15-25)16-27(25)3/h5-11,19,23H,12-16H2,1-4H3,(H,26,28). The Labute approximate surface area is 185 Å². The van der Waals surface area contributed by atoms with Gasteiger partial charge in [0.25, 0.3) is 5.91 Å². The highest BCUT2D eigenvalue weighted by atomic mass is 32.2. The van der Waals surface area contributed by atoms with Crippen molar-refractivity contribution in [1.29, 1.82) is 0 Å².